The third-order valence-electron chi connectivity index (χ3n) is 2.48. The van der Waals surface area contributed by atoms with Crippen LogP contribution in [0, 0.1) is 3.57 Å². The van der Waals surface area contributed by atoms with E-state index in [1.807, 2.05) is 0 Å². The van der Waals surface area contributed by atoms with Crippen molar-refractivity contribution in [3.05, 3.63) is 67.7 Å². The second-order valence-corrected chi connectivity index (χ2v) is 6.02. The van der Waals surface area contributed by atoms with Crippen molar-refractivity contribution >= 4 is 38.5 Å². The van der Waals surface area contributed by atoms with E-state index in [-0.39, 0.29) is 0 Å². The lowest BCUT2D eigenvalue weighted by molar-refractivity contribution is 0.693. The van der Waals surface area contributed by atoms with E-state index in [0.717, 1.165) is 17.6 Å². The van der Waals surface area contributed by atoms with Gasteiger partial charge in [0.15, 0.2) is 0 Å². The summed E-state index contributed by atoms with van der Waals surface area (Å²) in [6, 6.07) is 17.0. The number of halogens is 2. The van der Waals surface area contributed by atoms with Gasteiger partial charge in [-0.25, -0.2) is 0 Å². The summed E-state index contributed by atoms with van der Waals surface area (Å²) < 4.78 is 2.40. The molecule has 0 spiro atoms. The van der Waals surface area contributed by atoms with Crippen molar-refractivity contribution in [2.45, 2.75) is 13.1 Å². The van der Waals surface area contributed by atoms with Crippen molar-refractivity contribution in [2.75, 3.05) is 0 Å². The summed E-state index contributed by atoms with van der Waals surface area (Å²) in [5.74, 6) is 0. The Bertz CT molecular complexity index is 419. The third kappa shape index (κ3) is 4.41. The molecule has 0 amide bonds. The first-order chi connectivity index (χ1) is 8.24. The van der Waals surface area contributed by atoms with Crippen molar-refractivity contribution in [1.29, 1.82) is 0 Å². The third-order valence-corrected chi connectivity index (χ3v) is 3.73. The molecule has 3 heteroatoms. The minimum atomic E-state index is 0.902. The van der Waals surface area contributed by atoms with Gasteiger partial charge in [0.1, 0.15) is 0 Å². The normalized spacial score (nSPS) is 10.5. The maximum Gasteiger partial charge on any atom is 0.0208 e. The summed E-state index contributed by atoms with van der Waals surface area (Å²) in [4.78, 5) is 0. The highest BCUT2D eigenvalue weighted by Gasteiger charge is 1.95. The molecule has 1 N–H and O–H groups in total. The molecule has 2 rings (SSSR count). The van der Waals surface area contributed by atoms with E-state index in [1.54, 1.807) is 0 Å². The number of nitrogens with one attached hydrogen (secondary N) is 1. The van der Waals surface area contributed by atoms with Crippen LogP contribution in [0.5, 0.6) is 0 Å². The molecule has 0 aliphatic carbocycles. The quantitative estimate of drug-likeness (QED) is 0.751. The van der Waals surface area contributed by atoms with Gasteiger partial charge in [-0.15, -0.1) is 0 Å². The Hall–Kier alpha value is -0.390. The molecular weight excluding hydrogens is 389 g/mol. The van der Waals surface area contributed by atoms with Crippen molar-refractivity contribution in [3.63, 3.8) is 0 Å². The highest BCUT2D eigenvalue weighted by atomic mass is 127. The predicted octanol–water partition coefficient (Wildman–Crippen LogP) is 4.34. The van der Waals surface area contributed by atoms with Crippen LogP contribution >= 0.6 is 38.5 Å². The molecule has 2 aromatic rings. The molecule has 0 unspecified atom stereocenters. The molecule has 0 fully saturated rings. The molecule has 0 bridgehead atoms. The molecule has 0 radical (unpaired) electrons. The van der Waals surface area contributed by atoms with Crippen LogP contribution in [0.3, 0.4) is 0 Å². The average Bonchev–Trinajstić information content (AvgIpc) is 2.34. The van der Waals surface area contributed by atoms with Gasteiger partial charge in [-0.3, -0.25) is 0 Å². The lowest BCUT2D eigenvalue weighted by atomic mass is 10.2. The molecule has 17 heavy (non-hydrogen) atoms. The SMILES string of the molecule is Brc1ccc(CNCc2ccc(I)cc2)cc1. The Kier molecular flexibility index (Phi) is 5.00. The second-order valence-electron chi connectivity index (χ2n) is 3.86. The summed E-state index contributed by atoms with van der Waals surface area (Å²) in [7, 11) is 0. The fourth-order valence-electron chi connectivity index (χ4n) is 1.56. The molecule has 88 valence electrons. The van der Waals surface area contributed by atoms with Gasteiger partial charge in [-0.05, 0) is 58.0 Å². The van der Waals surface area contributed by atoms with Crippen LogP contribution in [0.2, 0.25) is 0 Å². The van der Waals surface area contributed by atoms with Crippen molar-refractivity contribution in [1.82, 2.24) is 5.32 Å². The van der Waals surface area contributed by atoms with E-state index < -0.39 is 0 Å². The van der Waals surface area contributed by atoms with Crippen molar-refractivity contribution in [2.24, 2.45) is 0 Å². The molecule has 0 aliphatic rings. The Labute approximate surface area is 124 Å². The lowest BCUT2D eigenvalue weighted by Crippen LogP contribution is -2.12. The smallest absolute Gasteiger partial charge is 0.0208 e. The molecule has 0 atom stereocenters. The highest BCUT2D eigenvalue weighted by molar-refractivity contribution is 14.1. The summed E-state index contributed by atoms with van der Waals surface area (Å²) in [5.41, 5.74) is 2.63. The van der Waals surface area contributed by atoms with E-state index in [0.29, 0.717) is 0 Å². The summed E-state index contributed by atoms with van der Waals surface area (Å²) in [6.07, 6.45) is 0. The molecule has 2 aromatic carbocycles. The van der Waals surface area contributed by atoms with Crippen LogP contribution < -0.4 is 5.32 Å². The zero-order valence-corrected chi connectivity index (χ0v) is 13.0. The minimum Gasteiger partial charge on any atom is -0.309 e. The second kappa shape index (κ2) is 6.52. The van der Waals surface area contributed by atoms with E-state index in [9.17, 15) is 0 Å². The van der Waals surface area contributed by atoms with E-state index in [1.165, 1.54) is 14.7 Å². The largest absolute Gasteiger partial charge is 0.309 e. The highest BCUT2D eigenvalue weighted by Crippen LogP contribution is 2.11. The minimum absolute atomic E-state index is 0.902. The van der Waals surface area contributed by atoms with Gasteiger partial charge >= 0.3 is 0 Å². The molecule has 0 aliphatic heterocycles. The molecule has 0 aromatic heterocycles. The number of hydrogen-bond acceptors (Lipinski definition) is 1. The van der Waals surface area contributed by atoms with Crippen LogP contribution in [0.15, 0.2) is 53.0 Å². The Morgan fingerprint density at radius 1 is 0.824 bits per heavy atom. The maximum atomic E-state index is 3.44. The Morgan fingerprint density at radius 2 is 1.29 bits per heavy atom. The number of hydrogen-bond donors (Lipinski definition) is 1. The first-order valence-electron chi connectivity index (χ1n) is 5.43. The molecule has 0 heterocycles. The van der Waals surface area contributed by atoms with Gasteiger partial charge in [0.2, 0.25) is 0 Å². The van der Waals surface area contributed by atoms with Gasteiger partial charge in [0.25, 0.3) is 0 Å². The van der Waals surface area contributed by atoms with E-state index >= 15 is 0 Å². The van der Waals surface area contributed by atoms with Crippen molar-refractivity contribution in [3.8, 4) is 0 Å². The first-order valence-corrected chi connectivity index (χ1v) is 7.31. The summed E-state index contributed by atoms with van der Waals surface area (Å²) >= 11 is 5.76. The summed E-state index contributed by atoms with van der Waals surface area (Å²) in [6.45, 7) is 1.81. The molecule has 0 saturated carbocycles. The van der Waals surface area contributed by atoms with Gasteiger partial charge in [0, 0.05) is 21.1 Å². The van der Waals surface area contributed by atoms with E-state index in [4.69, 9.17) is 0 Å². The fourth-order valence-corrected chi connectivity index (χ4v) is 2.18. The summed E-state index contributed by atoms with van der Waals surface area (Å²) in [5, 5.41) is 3.44. The van der Waals surface area contributed by atoms with Gasteiger partial charge < -0.3 is 5.32 Å². The van der Waals surface area contributed by atoms with Crippen LogP contribution in [0.4, 0.5) is 0 Å². The molecule has 0 saturated heterocycles. The van der Waals surface area contributed by atoms with Crippen LogP contribution in [-0.4, -0.2) is 0 Å². The Morgan fingerprint density at radius 3 is 1.82 bits per heavy atom. The Balaban J connectivity index is 1.83. The first kappa shape index (κ1) is 13.1. The van der Waals surface area contributed by atoms with Crippen LogP contribution in [0.1, 0.15) is 11.1 Å². The number of benzene rings is 2. The lowest BCUT2D eigenvalue weighted by Gasteiger charge is -2.05. The van der Waals surface area contributed by atoms with Gasteiger partial charge in [-0.1, -0.05) is 40.2 Å². The van der Waals surface area contributed by atoms with Crippen molar-refractivity contribution < 1.29 is 0 Å². The molecule has 1 nitrogen and oxygen atoms in total. The van der Waals surface area contributed by atoms with Gasteiger partial charge in [-0.2, -0.15) is 0 Å². The zero-order valence-electron chi connectivity index (χ0n) is 9.29. The molecular formula is C14H13BrIN. The average molecular weight is 402 g/mol. The van der Waals surface area contributed by atoms with Gasteiger partial charge in [0.05, 0.1) is 0 Å². The van der Waals surface area contributed by atoms with Crippen LogP contribution in [-0.2, 0) is 13.1 Å². The fraction of sp³-hybridized carbons (Fsp3) is 0.143. The van der Waals surface area contributed by atoms with Crippen LogP contribution in [0.25, 0.3) is 0 Å². The van der Waals surface area contributed by atoms with E-state index in [2.05, 4.69) is 92.4 Å². The number of rotatable bonds is 4. The monoisotopic (exact) mass is 401 g/mol. The standard InChI is InChI=1S/C14H13BrIN/c15-13-5-1-11(2-6-13)9-17-10-12-3-7-14(16)8-4-12/h1-8,17H,9-10H2. The maximum absolute atomic E-state index is 3.44. The zero-order chi connectivity index (χ0) is 12.1. The predicted molar refractivity (Wildman–Crippen MR) is 83.8 cm³/mol. The topological polar surface area (TPSA) is 12.0 Å².